The summed E-state index contributed by atoms with van der Waals surface area (Å²) in [5.74, 6) is 0.478. The van der Waals surface area contributed by atoms with Crippen molar-refractivity contribution in [3.63, 3.8) is 0 Å². The van der Waals surface area contributed by atoms with E-state index in [2.05, 4.69) is 27.7 Å². The smallest absolute Gasteiger partial charge is 0.236 e. The molecule has 2 aliphatic heterocycles. The van der Waals surface area contributed by atoms with Crippen LogP contribution in [0.2, 0.25) is 0 Å². The molecule has 6 nitrogen and oxygen atoms in total. The fourth-order valence-corrected chi connectivity index (χ4v) is 4.41. The molecule has 2 heterocycles. The molecule has 0 aromatic heterocycles. The van der Waals surface area contributed by atoms with Gasteiger partial charge in [-0.2, -0.15) is 0 Å². The number of hydrogen-bond donors (Lipinski definition) is 2. The van der Waals surface area contributed by atoms with E-state index in [4.69, 9.17) is 0 Å². The molecule has 2 saturated heterocycles. The van der Waals surface area contributed by atoms with E-state index >= 15 is 0 Å². The molecule has 28 heavy (non-hydrogen) atoms. The fraction of sp³-hybridized carbons (Fsp3) is 0.636. The second-order valence-electron chi connectivity index (χ2n) is 8.00. The van der Waals surface area contributed by atoms with Crippen LogP contribution in [0, 0.1) is 5.92 Å². The van der Waals surface area contributed by atoms with Gasteiger partial charge in [-0.05, 0) is 51.3 Å². The molecule has 6 heteroatoms. The standard InChI is InChI=1S/C22H34N4O2/c1-23-16-21(27)25-14-10-20(11-15-25)26-13-5-8-19(17-26)22(28)24-12-9-18-6-3-2-4-7-18/h2-4,6-7,19-20,23H,5,8-17H2,1H3,(H,24,28)/t19-/m0/s1. The topological polar surface area (TPSA) is 64.7 Å². The van der Waals surface area contributed by atoms with E-state index in [0.717, 1.165) is 58.3 Å². The van der Waals surface area contributed by atoms with Gasteiger partial charge in [0.2, 0.25) is 11.8 Å². The lowest BCUT2D eigenvalue weighted by Crippen LogP contribution is -2.52. The predicted molar refractivity (Wildman–Crippen MR) is 111 cm³/mol. The van der Waals surface area contributed by atoms with Crippen LogP contribution in [0.1, 0.15) is 31.2 Å². The number of nitrogens with one attached hydrogen (secondary N) is 2. The first-order chi connectivity index (χ1) is 13.7. The number of carbonyl (C=O) groups excluding carboxylic acids is 2. The minimum absolute atomic E-state index is 0.0912. The van der Waals surface area contributed by atoms with Crippen molar-refractivity contribution in [1.29, 1.82) is 0 Å². The number of rotatable bonds is 7. The van der Waals surface area contributed by atoms with E-state index < -0.39 is 0 Å². The van der Waals surface area contributed by atoms with Gasteiger partial charge in [-0.15, -0.1) is 0 Å². The number of carbonyl (C=O) groups is 2. The van der Waals surface area contributed by atoms with E-state index in [1.807, 2.05) is 30.1 Å². The molecule has 1 atom stereocenters. The van der Waals surface area contributed by atoms with Crippen LogP contribution in [0.4, 0.5) is 0 Å². The third kappa shape index (κ3) is 5.79. The van der Waals surface area contributed by atoms with E-state index in [1.165, 1.54) is 5.56 Å². The Morgan fingerprint density at radius 3 is 2.54 bits per heavy atom. The highest BCUT2D eigenvalue weighted by molar-refractivity contribution is 5.79. The highest BCUT2D eigenvalue weighted by Crippen LogP contribution is 2.24. The Kier molecular flexibility index (Phi) is 7.86. The summed E-state index contributed by atoms with van der Waals surface area (Å²) in [7, 11) is 1.81. The van der Waals surface area contributed by atoms with Crippen LogP contribution in [-0.2, 0) is 16.0 Å². The van der Waals surface area contributed by atoms with Gasteiger partial charge in [0.15, 0.2) is 0 Å². The molecule has 3 rings (SSSR count). The molecule has 0 bridgehead atoms. The third-order valence-corrected chi connectivity index (χ3v) is 6.04. The minimum Gasteiger partial charge on any atom is -0.355 e. The molecule has 2 aliphatic rings. The van der Waals surface area contributed by atoms with Crippen LogP contribution in [0.3, 0.4) is 0 Å². The Bertz CT molecular complexity index is 629. The Balaban J connectivity index is 1.41. The number of likely N-dealkylation sites (N-methyl/N-ethyl adjacent to an activating group) is 1. The maximum absolute atomic E-state index is 12.6. The van der Waals surface area contributed by atoms with Gasteiger partial charge < -0.3 is 15.5 Å². The SMILES string of the molecule is CNCC(=O)N1CCC(N2CCC[C@H](C(=O)NCCc3ccccc3)C2)CC1. The zero-order valence-electron chi connectivity index (χ0n) is 17.0. The van der Waals surface area contributed by atoms with Gasteiger partial charge in [-0.1, -0.05) is 30.3 Å². The number of benzene rings is 1. The summed E-state index contributed by atoms with van der Waals surface area (Å²) < 4.78 is 0. The van der Waals surface area contributed by atoms with E-state index in [-0.39, 0.29) is 17.7 Å². The molecule has 0 radical (unpaired) electrons. The van der Waals surface area contributed by atoms with Crippen molar-refractivity contribution >= 4 is 11.8 Å². The van der Waals surface area contributed by atoms with Gasteiger partial charge >= 0.3 is 0 Å². The van der Waals surface area contributed by atoms with Gasteiger partial charge in [-0.25, -0.2) is 0 Å². The maximum atomic E-state index is 12.6. The maximum Gasteiger partial charge on any atom is 0.236 e. The molecule has 0 aliphatic carbocycles. The number of piperidine rings is 2. The van der Waals surface area contributed by atoms with Crippen molar-refractivity contribution < 1.29 is 9.59 Å². The lowest BCUT2D eigenvalue weighted by molar-refractivity contribution is -0.131. The average molecular weight is 387 g/mol. The van der Waals surface area contributed by atoms with Crippen LogP contribution in [-0.4, -0.2) is 74.0 Å². The zero-order valence-corrected chi connectivity index (χ0v) is 17.0. The van der Waals surface area contributed by atoms with E-state index in [0.29, 0.717) is 19.1 Å². The summed E-state index contributed by atoms with van der Waals surface area (Å²) in [5, 5.41) is 6.07. The number of hydrogen-bond acceptors (Lipinski definition) is 4. The van der Waals surface area contributed by atoms with Crippen LogP contribution in [0.25, 0.3) is 0 Å². The summed E-state index contributed by atoms with van der Waals surface area (Å²) in [6, 6.07) is 10.8. The summed E-state index contributed by atoms with van der Waals surface area (Å²) in [6.45, 7) is 4.70. The molecule has 1 aromatic rings. The lowest BCUT2D eigenvalue weighted by atomic mass is 9.93. The molecule has 0 spiro atoms. The Hall–Kier alpha value is -1.92. The number of likely N-dealkylation sites (tertiary alicyclic amines) is 2. The van der Waals surface area contributed by atoms with Crippen LogP contribution >= 0.6 is 0 Å². The second kappa shape index (κ2) is 10.6. The predicted octanol–water partition coefficient (Wildman–Crippen LogP) is 1.27. The van der Waals surface area contributed by atoms with Crippen molar-refractivity contribution in [2.24, 2.45) is 5.92 Å². The monoisotopic (exact) mass is 386 g/mol. The van der Waals surface area contributed by atoms with Gasteiger partial charge in [0.1, 0.15) is 0 Å². The fourth-order valence-electron chi connectivity index (χ4n) is 4.41. The number of nitrogens with zero attached hydrogens (tertiary/aromatic N) is 2. The largest absolute Gasteiger partial charge is 0.355 e. The van der Waals surface area contributed by atoms with Crippen molar-refractivity contribution in [3.05, 3.63) is 35.9 Å². The normalized spacial score (nSPS) is 21.5. The Morgan fingerprint density at radius 2 is 1.82 bits per heavy atom. The van der Waals surface area contributed by atoms with Gasteiger partial charge in [-0.3, -0.25) is 14.5 Å². The lowest BCUT2D eigenvalue weighted by Gasteiger charge is -2.42. The Labute approximate surface area is 168 Å². The van der Waals surface area contributed by atoms with E-state index in [1.54, 1.807) is 0 Å². The quantitative estimate of drug-likeness (QED) is 0.741. The van der Waals surface area contributed by atoms with Crippen molar-refractivity contribution in [3.8, 4) is 0 Å². The summed E-state index contributed by atoms with van der Waals surface area (Å²) in [6.07, 6.45) is 4.96. The second-order valence-corrected chi connectivity index (χ2v) is 8.00. The third-order valence-electron chi connectivity index (χ3n) is 6.04. The van der Waals surface area contributed by atoms with Crippen molar-refractivity contribution in [1.82, 2.24) is 20.4 Å². The number of amides is 2. The molecule has 154 valence electrons. The van der Waals surface area contributed by atoms with Crippen LogP contribution in [0.15, 0.2) is 30.3 Å². The summed E-state index contributed by atoms with van der Waals surface area (Å²) in [5.41, 5.74) is 1.26. The molecule has 2 N–H and O–H groups in total. The highest BCUT2D eigenvalue weighted by atomic mass is 16.2. The molecule has 2 amide bonds. The molecule has 0 saturated carbocycles. The summed E-state index contributed by atoms with van der Waals surface area (Å²) >= 11 is 0. The minimum atomic E-state index is 0.0912. The molecular formula is C22H34N4O2. The van der Waals surface area contributed by atoms with Gasteiger partial charge in [0.05, 0.1) is 12.5 Å². The average Bonchev–Trinajstić information content (AvgIpc) is 2.75. The van der Waals surface area contributed by atoms with Crippen LogP contribution < -0.4 is 10.6 Å². The summed E-state index contributed by atoms with van der Waals surface area (Å²) in [4.78, 5) is 29.1. The molecule has 1 aromatic carbocycles. The van der Waals surface area contributed by atoms with Gasteiger partial charge in [0, 0.05) is 32.2 Å². The molecular weight excluding hydrogens is 352 g/mol. The van der Waals surface area contributed by atoms with Crippen molar-refractivity contribution in [2.45, 2.75) is 38.1 Å². The highest BCUT2D eigenvalue weighted by Gasteiger charge is 2.32. The zero-order chi connectivity index (χ0) is 19.8. The van der Waals surface area contributed by atoms with Crippen molar-refractivity contribution in [2.75, 3.05) is 46.3 Å². The molecule has 2 fully saturated rings. The Morgan fingerprint density at radius 1 is 1.07 bits per heavy atom. The first-order valence-corrected chi connectivity index (χ1v) is 10.7. The van der Waals surface area contributed by atoms with E-state index in [9.17, 15) is 9.59 Å². The van der Waals surface area contributed by atoms with Crippen LogP contribution in [0.5, 0.6) is 0 Å². The first-order valence-electron chi connectivity index (χ1n) is 10.7. The van der Waals surface area contributed by atoms with Gasteiger partial charge in [0.25, 0.3) is 0 Å². The first kappa shape index (κ1) is 20.8. The molecule has 0 unspecified atom stereocenters.